The number of halogens is 1. The highest BCUT2D eigenvalue weighted by molar-refractivity contribution is 9.10. The lowest BCUT2D eigenvalue weighted by Crippen LogP contribution is -2.09. The average Bonchev–Trinajstić information content (AvgIpc) is 2.57. The van der Waals surface area contributed by atoms with Crippen molar-refractivity contribution in [2.45, 2.75) is 0 Å². The van der Waals surface area contributed by atoms with Crippen LogP contribution in [0.1, 0.15) is 0 Å². The molecule has 0 radical (unpaired) electrons. The Bertz CT molecular complexity index is 945. The molecule has 122 valence electrons. The van der Waals surface area contributed by atoms with Gasteiger partial charge in [0.1, 0.15) is 23.3 Å². The number of fused-ring (bicyclic) bond motifs is 1. The monoisotopic (exact) mass is 390 g/mol. The van der Waals surface area contributed by atoms with Crippen LogP contribution in [0.2, 0.25) is 0 Å². The molecule has 7 heteroatoms. The third-order valence-corrected chi connectivity index (χ3v) is 3.65. The number of carboxylic acids is 1. The number of carboxylic acid groups (broad SMARTS) is 1. The van der Waals surface area contributed by atoms with Gasteiger partial charge in [0, 0.05) is 10.5 Å². The second-order valence-corrected chi connectivity index (χ2v) is 5.74. The van der Waals surface area contributed by atoms with Crippen LogP contribution in [0.3, 0.4) is 0 Å². The molecule has 0 bridgehead atoms. The second-order valence-electron chi connectivity index (χ2n) is 4.83. The van der Waals surface area contributed by atoms with E-state index in [1.165, 1.54) is 24.5 Å². The molecule has 0 fully saturated rings. The van der Waals surface area contributed by atoms with E-state index in [0.717, 1.165) is 4.47 Å². The summed E-state index contributed by atoms with van der Waals surface area (Å²) in [6, 6.07) is 11.5. The molecule has 0 saturated heterocycles. The maximum Gasteiger partial charge on any atom is 0.341 e. The third kappa shape index (κ3) is 3.57. The third-order valence-electron chi connectivity index (χ3n) is 3.12. The molecular weight excluding hydrogens is 380 g/mol. The number of hydrogen-bond donors (Lipinski definition) is 1. The van der Waals surface area contributed by atoms with Crippen molar-refractivity contribution in [3.63, 3.8) is 0 Å². The second kappa shape index (κ2) is 6.76. The Labute approximate surface area is 144 Å². The lowest BCUT2D eigenvalue weighted by atomic mass is 10.2. The number of carbonyl (C=O) groups is 1. The number of aliphatic carboxylic acids is 1. The van der Waals surface area contributed by atoms with E-state index in [0.29, 0.717) is 16.9 Å². The van der Waals surface area contributed by atoms with Crippen LogP contribution in [0.15, 0.2) is 62.4 Å². The molecule has 0 aliphatic carbocycles. The lowest BCUT2D eigenvalue weighted by molar-refractivity contribution is -0.139. The van der Waals surface area contributed by atoms with Crippen molar-refractivity contribution in [2.24, 2.45) is 0 Å². The molecule has 0 amide bonds. The highest BCUT2D eigenvalue weighted by Gasteiger charge is 2.10. The standard InChI is InChI=1S/C17H11BrO6/c18-10-1-3-11(4-2-10)24-15-8-23-14-7-12(22-9-16(19)20)5-6-13(14)17(15)21/h1-8H,9H2,(H,19,20). The number of hydrogen-bond acceptors (Lipinski definition) is 5. The van der Waals surface area contributed by atoms with Crippen LogP contribution >= 0.6 is 15.9 Å². The van der Waals surface area contributed by atoms with Crippen LogP contribution < -0.4 is 14.9 Å². The molecule has 0 saturated carbocycles. The Morgan fingerprint density at radius 3 is 2.54 bits per heavy atom. The van der Waals surface area contributed by atoms with Crippen molar-refractivity contribution in [3.05, 3.63) is 63.4 Å². The molecule has 0 aliphatic heterocycles. The Morgan fingerprint density at radius 2 is 1.83 bits per heavy atom. The highest BCUT2D eigenvalue weighted by Crippen LogP contribution is 2.25. The van der Waals surface area contributed by atoms with Crippen molar-refractivity contribution in [1.29, 1.82) is 0 Å². The molecule has 0 spiro atoms. The van der Waals surface area contributed by atoms with Gasteiger partial charge in [0.25, 0.3) is 0 Å². The summed E-state index contributed by atoms with van der Waals surface area (Å²) in [5.74, 6) is -0.222. The fraction of sp³-hybridized carbons (Fsp3) is 0.0588. The van der Waals surface area contributed by atoms with Gasteiger partial charge in [-0.05, 0) is 36.4 Å². The molecule has 0 aliphatic rings. The van der Waals surface area contributed by atoms with Gasteiger partial charge in [-0.25, -0.2) is 4.79 Å². The van der Waals surface area contributed by atoms with Crippen LogP contribution in [-0.4, -0.2) is 17.7 Å². The number of ether oxygens (including phenoxy) is 2. The summed E-state index contributed by atoms with van der Waals surface area (Å²) in [6.45, 7) is -0.472. The zero-order valence-corrected chi connectivity index (χ0v) is 13.8. The first-order valence-corrected chi connectivity index (χ1v) is 7.66. The quantitative estimate of drug-likeness (QED) is 0.712. The van der Waals surface area contributed by atoms with E-state index >= 15 is 0 Å². The first-order valence-electron chi connectivity index (χ1n) is 6.86. The zero-order chi connectivity index (χ0) is 17.1. The van der Waals surface area contributed by atoms with E-state index in [1.54, 1.807) is 24.3 Å². The van der Waals surface area contributed by atoms with Gasteiger partial charge in [-0.3, -0.25) is 4.79 Å². The minimum atomic E-state index is -1.09. The topological polar surface area (TPSA) is 86.0 Å². The largest absolute Gasteiger partial charge is 0.482 e. The van der Waals surface area contributed by atoms with E-state index in [-0.39, 0.29) is 16.8 Å². The Morgan fingerprint density at radius 1 is 1.12 bits per heavy atom. The molecule has 3 aromatic rings. The van der Waals surface area contributed by atoms with Gasteiger partial charge < -0.3 is 19.0 Å². The van der Waals surface area contributed by atoms with Gasteiger partial charge >= 0.3 is 5.97 Å². The molecule has 0 unspecified atom stereocenters. The maximum absolute atomic E-state index is 12.4. The number of rotatable bonds is 5. The highest BCUT2D eigenvalue weighted by atomic mass is 79.9. The van der Waals surface area contributed by atoms with Crippen LogP contribution in [0.25, 0.3) is 11.0 Å². The Balaban J connectivity index is 1.90. The molecule has 0 atom stereocenters. The van der Waals surface area contributed by atoms with Crippen LogP contribution in [0.5, 0.6) is 17.2 Å². The van der Waals surface area contributed by atoms with Gasteiger partial charge in [0.05, 0.1) is 5.39 Å². The average molecular weight is 391 g/mol. The van der Waals surface area contributed by atoms with E-state index < -0.39 is 12.6 Å². The predicted octanol–water partition coefficient (Wildman–Crippen LogP) is 3.81. The van der Waals surface area contributed by atoms with E-state index in [2.05, 4.69) is 15.9 Å². The fourth-order valence-electron chi connectivity index (χ4n) is 2.03. The summed E-state index contributed by atoms with van der Waals surface area (Å²) in [7, 11) is 0. The zero-order valence-electron chi connectivity index (χ0n) is 12.2. The van der Waals surface area contributed by atoms with E-state index in [1.807, 2.05) is 0 Å². The van der Waals surface area contributed by atoms with E-state index in [9.17, 15) is 9.59 Å². The summed E-state index contributed by atoms with van der Waals surface area (Å²) < 4.78 is 16.9. The molecule has 2 aromatic carbocycles. The minimum absolute atomic E-state index is 0.0593. The molecule has 24 heavy (non-hydrogen) atoms. The summed E-state index contributed by atoms with van der Waals surface area (Å²) in [4.78, 5) is 23.0. The van der Waals surface area contributed by atoms with Gasteiger partial charge in [0.2, 0.25) is 11.2 Å². The van der Waals surface area contributed by atoms with Crippen LogP contribution in [-0.2, 0) is 4.79 Å². The molecule has 3 rings (SSSR count). The van der Waals surface area contributed by atoms with Gasteiger partial charge in [-0.15, -0.1) is 0 Å². The van der Waals surface area contributed by atoms with Crippen LogP contribution in [0.4, 0.5) is 0 Å². The molecule has 1 N–H and O–H groups in total. The SMILES string of the molecule is O=C(O)COc1ccc2c(=O)c(Oc3ccc(Br)cc3)coc2c1. The van der Waals surface area contributed by atoms with Crippen molar-refractivity contribution in [2.75, 3.05) is 6.61 Å². The molecule has 1 heterocycles. The number of benzene rings is 2. The first-order chi connectivity index (χ1) is 11.5. The van der Waals surface area contributed by atoms with Crippen molar-refractivity contribution >= 4 is 32.9 Å². The minimum Gasteiger partial charge on any atom is -0.482 e. The Kier molecular flexibility index (Phi) is 4.52. The normalized spacial score (nSPS) is 10.5. The maximum atomic E-state index is 12.4. The summed E-state index contributed by atoms with van der Waals surface area (Å²) in [6.07, 6.45) is 1.22. The smallest absolute Gasteiger partial charge is 0.341 e. The molecule has 6 nitrogen and oxygen atoms in total. The molecule has 1 aromatic heterocycles. The van der Waals surface area contributed by atoms with Gasteiger partial charge in [-0.1, -0.05) is 15.9 Å². The lowest BCUT2D eigenvalue weighted by Gasteiger charge is -2.07. The summed E-state index contributed by atoms with van der Waals surface area (Å²) in [5, 5.41) is 8.92. The molecular formula is C17H11BrO6. The predicted molar refractivity (Wildman–Crippen MR) is 89.8 cm³/mol. The van der Waals surface area contributed by atoms with Crippen molar-refractivity contribution in [1.82, 2.24) is 0 Å². The van der Waals surface area contributed by atoms with Crippen molar-refractivity contribution < 1.29 is 23.8 Å². The van der Waals surface area contributed by atoms with Crippen LogP contribution in [0, 0.1) is 0 Å². The fourth-order valence-corrected chi connectivity index (χ4v) is 2.29. The Hall–Kier alpha value is -2.80. The van der Waals surface area contributed by atoms with E-state index in [4.69, 9.17) is 19.0 Å². The van der Waals surface area contributed by atoms with Gasteiger partial charge in [0.15, 0.2) is 6.61 Å². The van der Waals surface area contributed by atoms with Gasteiger partial charge in [-0.2, -0.15) is 0 Å². The van der Waals surface area contributed by atoms with Crippen molar-refractivity contribution in [3.8, 4) is 17.2 Å². The summed E-state index contributed by atoms with van der Waals surface area (Å²) in [5.41, 5.74) is -0.0463. The first kappa shape index (κ1) is 16.1. The summed E-state index contributed by atoms with van der Waals surface area (Å²) >= 11 is 3.32.